The van der Waals surface area contributed by atoms with Crippen molar-refractivity contribution in [1.29, 1.82) is 0 Å². The standard InChI is InChI=1S/C20H30N4O3S/c1-23(2)9-4-8-21-20(28)24(10-5-11-25)14-16-12-15-13-17(27-3)6-7-18(15)22-19(16)26/h6-7,12-13,25H,4-5,8-11,14H2,1-3H3,(H,21,28)(H,22,26)/p+1. The van der Waals surface area contributed by atoms with E-state index in [1.54, 1.807) is 7.11 Å². The number of aliphatic hydroxyl groups is 1. The van der Waals surface area contributed by atoms with Gasteiger partial charge in [0.25, 0.3) is 5.56 Å². The largest absolute Gasteiger partial charge is 0.497 e. The Morgan fingerprint density at radius 1 is 1.32 bits per heavy atom. The van der Waals surface area contributed by atoms with Gasteiger partial charge in [0.15, 0.2) is 5.11 Å². The van der Waals surface area contributed by atoms with Gasteiger partial charge in [0.05, 0.1) is 34.3 Å². The molecule has 2 rings (SSSR count). The second kappa shape index (κ2) is 11.0. The molecule has 0 atom stereocenters. The Bertz CT molecular complexity index is 838. The molecule has 0 saturated heterocycles. The molecule has 0 amide bonds. The van der Waals surface area contributed by atoms with E-state index in [0.717, 1.165) is 36.2 Å². The first-order valence-corrected chi connectivity index (χ1v) is 9.98. The number of nitrogens with one attached hydrogen (secondary N) is 3. The molecule has 154 valence electrons. The van der Waals surface area contributed by atoms with Crippen molar-refractivity contribution < 1.29 is 14.7 Å². The minimum absolute atomic E-state index is 0.0778. The second-order valence-corrected chi connectivity index (χ2v) is 7.50. The number of hydrogen-bond donors (Lipinski definition) is 4. The number of fused-ring (bicyclic) bond motifs is 1. The summed E-state index contributed by atoms with van der Waals surface area (Å²) < 4.78 is 5.27. The lowest BCUT2D eigenvalue weighted by molar-refractivity contribution is -0.858. The number of nitrogens with zero attached hydrogens (tertiary/aromatic N) is 1. The highest BCUT2D eigenvalue weighted by Gasteiger charge is 2.13. The van der Waals surface area contributed by atoms with Crippen molar-refractivity contribution >= 4 is 28.2 Å². The van der Waals surface area contributed by atoms with Crippen molar-refractivity contribution in [3.05, 3.63) is 40.2 Å². The van der Waals surface area contributed by atoms with Gasteiger partial charge in [-0.2, -0.15) is 0 Å². The number of pyridine rings is 1. The van der Waals surface area contributed by atoms with E-state index >= 15 is 0 Å². The molecule has 7 nitrogen and oxygen atoms in total. The van der Waals surface area contributed by atoms with E-state index in [1.165, 1.54) is 4.90 Å². The Morgan fingerprint density at radius 3 is 2.79 bits per heavy atom. The minimum atomic E-state index is -0.134. The van der Waals surface area contributed by atoms with Gasteiger partial charge in [-0.1, -0.05) is 0 Å². The van der Waals surface area contributed by atoms with Gasteiger partial charge in [-0.25, -0.2) is 0 Å². The van der Waals surface area contributed by atoms with E-state index in [-0.39, 0.29) is 12.2 Å². The SMILES string of the molecule is COc1ccc2[nH]c(=O)c(CN(CCCO)C(=S)NCCC[NH+](C)C)cc2c1. The fourth-order valence-electron chi connectivity index (χ4n) is 2.94. The number of hydrogen-bond acceptors (Lipinski definition) is 4. The van der Waals surface area contributed by atoms with Gasteiger partial charge >= 0.3 is 0 Å². The van der Waals surface area contributed by atoms with Crippen molar-refractivity contribution in [3.8, 4) is 5.75 Å². The van der Waals surface area contributed by atoms with Gasteiger partial charge in [0, 0.05) is 42.6 Å². The molecule has 2 aromatic rings. The third-order valence-corrected chi connectivity index (χ3v) is 4.90. The number of aromatic amines is 1. The van der Waals surface area contributed by atoms with Gasteiger partial charge in [0.2, 0.25) is 0 Å². The molecule has 0 bridgehead atoms. The van der Waals surface area contributed by atoms with Crippen molar-refractivity contribution in [2.45, 2.75) is 19.4 Å². The Morgan fingerprint density at radius 2 is 2.11 bits per heavy atom. The van der Waals surface area contributed by atoms with Crippen molar-refractivity contribution in [3.63, 3.8) is 0 Å². The third-order valence-electron chi connectivity index (χ3n) is 4.49. The van der Waals surface area contributed by atoms with Crippen LogP contribution in [0, 0.1) is 0 Å². The summed E-state index contributed by atoms with van der Waals surface area (Å²) in [6.45, 7) is 2.88. The molecule has 1 aromatic heterocycles. The highest BCUT2D eigenvalue weighted by Crippen LogP contribution is 2.19. The molecule has 1 aromatic carbocycles. The van der Waals surface area contributed by atoms with E-state index in [4.69, 9.17) is 17.0 Å². The molecule has 0 unspecified atom stereocenters. The van der Waals surface area contributed by atoms with Gasteiger partial charge in [-0.05, 0) is 42.9 Å². The summed E-state index contributed by atoms with van der Waals surface area (Å²) in [7, 11) is 5.85. The predicted molar refractivity (Wildman–Crippen MR) is 116 cm³/mol. The number of thiocarbonyl (C=S) groups is 1. The fraction of sp³-hybridized carbons (Fsp3) is 0.500. The topological polar surface area (TPSA) is 82.0 Å². The maximum absolute atomic E-state index is 12.5. The summed E-state index contributed by atoms with van der Waals surface area (Å²) in [5.74, 6) is 0.739. The number of benzene rings is 1. The molecule has 0 aliphatic carbocycles. The molecule has 0 aliphatic heterocycles. The number of rotatable bonds is 10. The smallest absolute Gasteiger partial charge is 0.253 e. The molecule has 0 radical (unpaired) electrons. The van der Waals surface area contributed by atoms with E-state index in [9.17, 15) is 9.90 Å². The zero-order chi connectivity index (χ0) is 20.5. The Kier molecular flexibility index (Phi) is 8.69. The molecule has 0 fully saturated rings. The lowest BCUT2D eigenvalue weighted by Gasteiger charge is -2.25. The number of methoxy groups -OCH3 is 1. The molecule has 0 aliphatic rings. The van der Waals surface area contributed by atoms with Crippen LogP contribution in [0.1, 0.15) is 18.4 Å². The van der Waals surface area contributed by atoms with Crippen LogP contribution in [0.5, 0.6) is 5.75 Å². The number of aromatic nitrogens is 1. The average Bonchev–Trinajstić information content (AvgIpc) is 2.68. The van der Waals surface area contributed by atoms with Crippen LogP contribution in [-0.4, -0.2) is 67.5 Å². The Labute approximate surface area is 171 Å². The molecule has 0 saturated carbocycles. The van der Waals surface area contributed by atoms with Gasteiger partial charge in [-0.3, -0.25) is 4.79 Å². The zero-order valence-electron chi connectivity index (χ0n) is 16.9. The highest BCUT2D eigenvalue weighted by molar-refractivity contribution is 7.80. The van der Waals surface area contributed by atoms with E-state index < -0.39 is 0 Å². The summed E-state index contributed by atoms with van der Waals surface area (Å²) in [6, 6.07) is 7.43. The van der Waals surface area contributed by atoms with Gasteiger partial charge in [-0.15, -0.1) is 0 Å². The quantitative estimate of drug-likeness (QED) is 0.331. The summed E-state index contributed by atoms with van der Waals surface area (Å²) in [5, 5.41) is 14.0. The molecule has 1 heterocycles. The first-order chi connectivity index (χ1) is 13.4. The van der Waals surface area contributed by atoms with Gasteiger partial charge < -0.3 is 29.9 Å². The van der Waals surface area contributed by atoms with Crippen LogP contribution in [0.4, 0.5) is 0 Å². The van der Waals surface area contributed by atoms with E-state index in [0.29, 0.717) is 30.2 Å². The molecule has 4 N–H and O–H groups in total. The average molecular weight is 408 g/mol. The van der Waals surface area contributed by atoms with Crippen LogP contribution in [0.3, 0.4) is 0 Å². The predicted octanol–water partition coefficient (Wildman–Crippen LogP) is 0.130. The highest BCUT2D eigenvalue weighted by atomic mass is 32.1. The Balaban J connectivity index is 2.14. The van der Waals surface area contributed by atoms with Crippen molar-refractivity contribution in [1.82, 2.24) is 15.2 Å². The van der Waals surface area contributed by atoms with Crippen molar-refractivity contribution in [2.75, 3.05) is 47.4 Å². The van der Waals surface area contributed by atoms with Crippen LogP contribution in [0.25, 0.3) is 10.9 Å². The third kappa shape index (κ3) is 6.47. The maximum Gasteiger partial charge on any atom is 0.253 e. The van der Waals surface area contributed by atoms with Crippen LogP contribution < -0.4 is 20.5 Å². The number of aliphatic hydroxyl groups excluding tert-OH is 1. The number of quaternary nitrogens is 1. The zero-order valence-corrected chi connectivity index (χ0v) is 17.7. The van der Waals surface area contributed by atoms with E-state index in [1.807, 2.05) is 29.2 Å². The summed E-state index contributed by atoms with van der Waals surface area (Å²) in [6.07, 6.45) is 1.59. The Hall–Kier alpha value is -2.16. The van der Waals surface area contributed by atoms with Crippen LogP contribution in [-0.2, 0) is 6.54 Å². The van der Waals surface area contributed by atoms with Gasteiger partial charge in [0.1, 0.15) is 5.75 Å². The van der Waals surface area contributed by atoms with Crippen LogP contribution in [0.15, 0.2) is 29.1 Å². The second-order valence-electron chi connectivity index (χ2n) is 7.12. The lowest BCUT2D eigenvalue weighted by atomic mass is 10.1. The first kappa shape index (κ1) is 22.1. The molecule has 28 heavy (non-hydrogen) atoms. The van der Waals surface area contributed by atoms with Crippen molar-refractivity contribution in [2.24, 2.45) is 0 Å². The van der Waals surface area contributed by atoms with Crippen LogP contribution in [0.2, 0.25) is 0 Å². The molecule has 8 heteroatoms. The van der Waals surface area contributed by atoms with Crippen LogP contribution >= 0.6 is 12.2 Å². The molecule has 0 spiro atoms. The summed E-state index contributed by atoms with van der Waals surface area (Å²) in [4.78, 5) is 18.8. The minimum Gasteiger partial charge on any atom is -0.497 e. The lowest BCUT2D eigenvalue weighted by Crippen LogP contribution is -3.05. The summed E-state index contributed by atoms with van der Waals surface area (Å²) >= 11 is 5.54. The number of H-pyrrole nitrogens is 1. The fourth-order valence-corrected chi connectivity index (χ4v) is 3.20. The maximum atomic E-state index is 12.5. The monoisotopic (exact) mass is 407 g/mol. The summed E-state index contributed by atoms with van der Waals surface area (Å²) in [5.41, 5.74) is 1.26. The normalized spacial score (nSPS) is 11.0. The molecular weight excluding hydrogens is 376 g/mol. The first-order valence-electron chi connectivity index (χ1n) is 9.57. The van der Waals surface area contributed by atoms with E-state index in [2.05, 4.69) is 24.4 Å². The number of ether oxygens (including phenoxy) is 1. The molecular formula is C20H31N4O3S+.